The number of halogens is 1. The quantitative estimate of drug-likeness (QED) is 0.267. The summed E-state index contributed by atoms with van der Waals surface area (Å²) in [7, 11) is 0. The van der Waals surface area contributed by atoms with Gasteiger partial charge in [-0.25, -0.2) is 0 Å². The summed E-state index contributed by atoms with van der Waals surface area (Å²) < 4.78 is 1.05. The second-order valence-corrected chi connectivity index (χ2v) is 8.59. The summed E-state index contributed by atoms with van der Waals surface area (Å²) in [5, 5.41) is 7.37. The van der Waals surface area contributed by atoms with Crippen LogP contribution in [0.15, 0.2) is 120 Å². The predicted octanol–water partition coefficient (Wildman–Crippen LogP) is 7.31. The molecule has 2 N–H and O–H groups in total. The minimum Gasteiger partial charge on any atom is -0.376 e. The average molecular weight is 487 g/mol. The molecule has 0 spiro atoms. The number of benzene rings is 4. The van der Waals surface area contributed by atoms with Crippen LogP contribution in [0.25, 0.3) is 0 Å². The molecule has 0 aliphatic rings. The average Bonchev–Trinajstić information content (AvgIpc) is 2.84. The van der Waals surface area contributed by atoms with Gasteiger partial charge in [-0.05, 0) is 35.4 Å². The lowest BCUT2D eigenvalue weighted by atomic mass is 9.92. The molecule has 0 heterocycles. The molecule has 0 aliphatic heterocycles. The van der Waals surface area contributed by atoms with Crippen LogP contribution in [0.3, 0.4) is 0 Å². The number of anilines is 1. The molecule has 154 valence electrons. The van der Waals surface area contributed by atoms with Crippen molar-refractivity contribution in [3.63, 3.8) is 0 Å². The maximum absolute atomic E-state index is 5.80. The van der Waals surface area contributed by atoms with E-state index in [0.717, 1.165) is 20.7 Å². The molecule has 31 heavy (non-hydrogen) atoms. The van der Waals surface area contributed by atoms with E-state index in [-0.39, 0.29) is 12.1 Å². The second-order valence-electron chi connectivity index (χ2n) is 7.27. The van der Waals surface area contributed by atoms with Gasteiger partial charge in [0.1, 0.15) is 4.99 Å². The van der Waals surface area contributed by atoms with Gasteiger partial charge in [0.2, 0.25) is 0 Å². The lowest BCUT2D eigenvalue weighted by molar-refractivity contribution is 0.558. The Labute approximate surface area is 197 Å². The largest absolute Gasteiger partial charge is 0.376 e. The third kappa shape index (κ3) is 5.60. The van der Waals surface area contributed by atoms with Gasteiger partial charge in [0.15, 0.2) is 0 Å². The van der Waals surface area contributed by atoms with E-state index in [2.05, 4.69) is 87.2 Å². The Bertz CT molecular complexity index is 1100. The highest BCUT2D eigenvalue weighted by Gasteiger charge is 2.26. The van der Waals surface area contributed by atoms with Gasteiger partial charge in [0.25, 0.3) is 0 Å². The predicted molar refractivity (Wildman–Crippen MR) is 137 cm³/mol. The van der Waals surface area contributed by atoms with Crippen molar-refractivity contribution in [3.05, 3.63) is 136 Å². The highest BCUT2D eigenvalue weighted by Crippen LogP contribution is 2.33. The minimum atomic E-state index is -0.0695. The zero-order valence-corrected chi connectivity index (χ0v) is 19.3. The fourth-order valence-corrected chi connectivity index (χ4v) is 4.11. The number of thiocarbonyl (C=S) groups is 1. The zero-order valence-electron chi connectivity index (χ0n) is 16.9. The Kier molecular flexibility index (Phi) is 7.13. The normalized spacial score (nSPS) is 12.5. The van der Waals surface area contributed by atoms with Gasteiger partial charge in [-0.3, -0.25) is 0 Å². The third-order valence-corrected chi connectivity index (χ3v) is 6.02. The fourth-order valence-electron chi connectivity index (χ4n) is 3.58. The Hall–Kier alpha value is -2.95. The maximum Gasteiger partial charge on any atom is 0.107 e. The van der Waals surface area contributed by atoms with Crippen LogP contribution in [0.2, 0.25) is 0 Å². The van der Waals surface area contributed by atoms with Gasteiger partial charge in [-0.15, -0.1) is 0 Å². The second kappa shape index (κ2) is 10.4. The topological polar surface area (TPSA) is 24.1 Å². The van der Waals surface area contributed by atoms with Crippen molar-refractivity contribution < 1.29 is 0 Å². The van der Waals surface area contributed by atoms with Crippen LogP contribution in [-0.4, -0.2) is 4.99 Å². The standard InChI is InChI=1S/C27H23BrN2S/c28-23-16-18-24(19-17-23)29-25(20-10-4-1-5-11-20)26(21-12-6-2-7-13-21)30-27(31)22-14-8-3-9-15-22/h1-19,25-26,29H,(H,30,31)/t25-,26-/m0/s1. The van der Waals surface area contributed by atoms with E-state index < -0.39 is 0 Å². The Morgan fingerprint density at radius 2 is 1.10 bits per heavy atom. The molecular formula is C27H23BrN2S. The molecule has 0 bridgehead atoms. The molecule has 4 aromatic rings. The summed E-state index contributed by atoms with van der Waals surface area (Å²) in [4.78, 5) is 0.730. The van der Waals surface area contributed by atoms with Crippen LogP contribution >= 0.6 is 28.1 Å². The number of hydrogen-bond donors (Lipinski definition) is 2. The number of nitrogens with one attached hydrogen (secondary N) is 2. The van der Waals surface area contributed by atoms with Crippen molar-refractivity contribution in [1.29, 1.82) is 0 Å². The Balaban J connectivity index is 1.73. The van der Waals surface area contributed by atoms with Gasteiger partial charge in [-0.2, -0.15) is 0 Å². The van der Waals surface area contributed by atoms with Crippen LogP contribution < -0.4 is 10.6 Å². The van der Waals surface area contributed by atoms with E-state index in [1.54, 1.807) is 0 Å². The lowest BCUT2D eigenvalue weighted by Crippen LogP contribution is -2.35. The summed E-state index contributed by atoms with van der Waals surface area (Å²) in [5.41, 5.74) is 4.40. The van der Waals surface area contributed by atoms with E-state index in [0.29, 0.717) is 0 Å². The molecule has 0 radical (unpaired) electrons. The molecule has 4 heteroatoms. The van der Waals surface area contributed by atoms with Gasteiger partial charge in [-0.1, -0.05) is 119 Å². The van der Waals surface area contributed by atoms with Crippen LogP contribution in [-0.2, 0) is 0 Å². The first kappa shape index (κ1) is 21.3. The molecule has 4 rings (SSSR count). The van der Waals surface area contributed by atoms with Gasteiger partial charge >= 0.3 is 0 Å². The highest BCUT2D eigenvalue weighted by molar-refractivity contribution is 9.10. The smallest absolute Gasteiger partial charge is 0.107 e. The molecule has 0 saturated heterocycles. The van der Waals surface area contributed by atoms with Crippen molar-refractivity contribution in [2.75, 3.05) is 5.32 Å². The molecule has 0 fully saturated rings. The molecule has 0 unspecified atom stereocenters. The molecule has 0 aromatic heterocycles. The van der Waals surface area contributed by atoms with Gasteiger partial charge in [0, 0.05) is 15.7 Å². The first-order valence-corrected chi connectivity index (χ1v) is 11.4. The van der Waals surface area contributed by atoms with Crippen LogP contribution in [0, 0.1) is 0 Å². The zero-order chi connectivity index (χ0) is 21.5. The van der Waals surface area contributed by atoms with Crippen molar-refractivity contribution in [1.82, 2.24) is 5.32 Å². The van der Waals surface area contributed by atoms with Crippen LogP contribution in [0.4, 0.5) is 5.69 Å². The molecule has 0 saturated carbocycles. The lowest BCUT2D eigenvalue weighted by Gasteiger charge is -2.31. The van der Waals surface area contributed by atoms with Crippen molar-refractivity contribution >= 4 is 38.8 Å². The molecule has 0 aliphatic carbocycles. The molecule has 4 aromatic carbocycles. The summed E-state index contributed by atoms with van der Waals surface area (Å²) in [6.07, 6.45) is 0. The van der Waals surface area contributed by atoms with Crippen molar-refractivity contribution in [2.45, 2.75) is 12.1 Å². The Morgan fingerprint density at radius 1 is 0.613 bits per heavy atom. The van der Waals surface area contributed by atoms with Gasteiger partial charge in [0.05, 0.1) is 12.1 Å². The SMILES string of the molecule is S=C(N[C@@H](c1ccccc1)[C@@H](Nc1ccc(Br)cc1)c1ccccc1)c1ccccc1. The van der Waals surface area contributed by atoms with E-state index in [1.165, 1.54) is 11.1 Å². The van der Waals surface area contributed by atoms with Crippen LogP contribution in [0.1, 0.15) is 28.8 Å². The van der Waals surface area contributed by atoms with E-state index in [9.17, 15) is 0 Å². The monoisotopic (exact) mass is 486 g/mol. The van der Waals surface area contributed by atoms with Crippen molar-refractivity contribution in [2.24, 2.45) is 0 Å². The molecule has 2 nitrogen and oxygen atoms in total. The summed E-state index contributed by atoms with van der Waals surface area (Å²) in [6, 6.07) is 39.2. The van der Waals surface area contributed by atoms with E-state index >= 15 is 0 Å². The fraction of sp³-hybridized carbons (Fsp3) is 0.0741. The first-order chi connectivity index (χ1) is 15.2. The number of rotatable bonds is 7. The summed E-state index contributed by atoms with van der Waals surface area (Å²) in [6.45, 7) is 0. The van der Waals surface area contributed by atoms with Crippen molar-refractivity contribution in [3.8, 4) is 0 Å². The Morgan fingerprint density at radius 3 is 1.65 bits per heavy atom. The number of hydrogen-bond acceptors (Lipinski definition) is 2. The summed E-state index contributed by atoms with van der Waals surface area (Å²) >= 11 is 9.33. The molecular weight excluding hydrogens is 464 g/mol. The van der Waals surface area contributed by atoms with Crippen LogP contribution in [0.5, 0.6) is 0 Å². The van der Waals surface area contributed by atoms with E-state index in [1.807, 2.05) is 54.6 Å². The van der Waals surface area contributed by atoms with Gasteiger partial charge < -0.3 is 10.6 Å². The van der Waals surface area contributed by atoms with E-state index in [4.69, 9.17) is 12.2 Å². The summed E-state index contributed by atoms with van der Waals surface area (Å²) in [5.74, 6) is 0. The highest BCUT2D eigenvalue weighted by atomic mass is 79.9. The third-order valence-electron chi connectivity index (χ3n) is 5.14. The maximum atomic E-state index is 5.80. The molecule has 2 atom stereocenters. The minimum absolute atomic E-state index is 0.0357. The first-order valence-electron chi connectivity index (χ1n) is 10.2. The molecule has 0 amide bonds.